The Bertz CT molecular complexity index is 863. The van der Waals surface area contributed by atoms with Crippen LogP contribution in [0.2, 0.25) is 0 Å². The number of anilines is 2. The Balaban J connectivity index is 1.89. The van der Waals surface area contributed by atoms with Crippen molar-refractivity contribution in [2.75, 3.05) is 12.4 Å². The Morgan fingerprint density at radius 2 is 1.84 bits per heavy atom. The molecule has 0 fully saturated rings. The fraction of sp³-hybridized carbons (Fsp3) is 0.300. The van der Waals surface area contributed by atoms with Gasteiger partial charge >= 0.3 is 0 Å². The molecule has 0 aliphatic carbocycles. The molecule has 0 spiro atoms. The smallest absolute Gasteiger partial charge is 0.213 e. The summed E-state index contributed by atoms with van der Waals surface area (Å²) in [5.74, 6) is 1.44. The fourth-order valence-electron chi connectivity index (χ4n) is 2.52. The topological polar surface area (TPSA) is 56.3 Å². The van der Waals surface area contributed by atoms with Gasteiger partial charge in [0.15, 0.2) is 0 Å². The van der Waals surface area contributed by atoms with Crippen molar-refractivity contribution in [1.82, 2.24) is 9.97 Å². The molecule has 0 aliphatic heterocycles. The van der Waals surface area contributed by atoms with Crippen molar-refractivity contribution >= 4 is 22.4 Å². The Kier molecular flexibility index (Phi) is 5.03. The van der Waals surface area contributed by atoms with Crippen LogP contribution in [0.15, 0.2) is 42.5 Å². The number of hydrogen-bond donors (Lipinski definition) is 1. The third-order valence-electron chi connectivity index (χ3n) is 4.01. The summed E-state index contributed by atoms with van der Waals surface area (Å²) >= 11 is 0. The van der Waals surface area contributed by atoms with E-state index in [1.165, 1.54) is 0 Å². The number of methoxy groups -OCH3 is 1. The molecule has 3 rings (SSSR count). The normalized spacial score (nSPS) is 12.0. The molecule has 0 aliphatic rings. The number of hydrogen-bond acceptors (Lipinski definition) is 5. The summed E-state index contributed by atoms with van der Waals surface area (Å²) in [4.78, 5) is 9.06. The van der Waals surface area contributed by atoms with E-state index < -0.39 is 0 Å². The maximum absolute atomic E-state index is 5.82. The van der Waals surface area contributed by atoms with Gasteiger partial charge in [0.1, 0.15) is 11.3 Å². The summed E-state index contributed by atoms with van der Waals surface area (Å²) in [7, 11) is 1.61. The highest BCUT2D eigenvalue weighted by molar-refractivity contribution is 5.90. The number of pyridine rings is 2. The lowest BCUT2D eigenvalue weighted by Gasteiger charge is -2.14. The van der Waals surface area contributed by atoms with E-state index in [1.54, 1.807) is 7.11 Å². The van der Waals surface area contributed by atoms with Crippen LogP contribution in [0.5, 0.6) is 11.6 Å². The summed E-state index contributed by atoms with van der Waals surface area (Å²) in [5.41, 5.74) is 4.41. The van der Waals surface area contributed by atoms with Gasteiger partial charge in [-0.25, -0.2) is 4.98 Å². The van der Waals surface area contributed by atoms with Crippen LogP contribution >= 0.6 is 0 Å². The van der Waals surface area contributed by atoms with Gasteiger partial charge < -0.3 is 14.8 Å². The molecule has 0 amide bonds. The van der Waals surface area contributed by atoms with E-state index >= 15 is 0 Å². The molecular weight excluding hydrogens is 314 g/mol. The van der Waals surface area contributed by atoms with E-state index in [-0.39, 0.29) is 6.10 Å². The standard InChI is InChI=1S/C20H23N3O2/c1-5-14(3)25-16-8-6-15(7-9-16)22-18-12-13(2)21-17-10-11-19(24-4)23-20(17)18/h6-12,14H,5H2,1-4H3,(H,21,22). The molecule has 5 nitrogen and oxygen atoms in total. The SMILES string of the molecule is CCC(C)Oc1ccc(Nc2cc(C)nc3ccc(OC)nc23)cc1. The van der Waals surface area contributed by atoms with Crippen molar-refractivity contribution in [3.05, 3.63) is 48.2 Å². The van der Waals surface area contributed by atoms with Crippen molar-refractivity contribution in [3.8, 4) is 11.6 Å². The second kappa shape index (κ2) is 7.38. The minimum absolute atomic E-state index is 0.210. The second-order valence-electron chi connectivity index (χ2n) is 6.02. The molecule has 2 heterocycles. The van der Waals surface area contributed by atoms with Crippen LogP contribution in [0.1, 0.15) is 26.0 Å². The minimum Gasteiger partial charge on any atom is -0.491 e. The highest BCUT2D eigenvalue weighted by Gasteiger charge is 2.08. The van der Waals surface area contributed by atoms with E-state index in [0.29, 0.717) is 5.88 Å². The molecule has 0 saturated carbocycles. The molecule has 1 aromatic carbocycles. The van der Waals surface area contributed by atoms with Crippen molar-refractivity contribution in [2.24, 2.45) is 0 Å². The van der Waals surface area contributed by atoms with E-state index in [4.69, 9.17) is 9.47 Å². The third kappa shape index (κ3) is 3.99. The highest BCUT2D eigenvalue weighted by Crippen LogP contribution is 2.27. The van der Waals surface area contributed by atoms with Gasteiger partial charge in [0.25, 0.3) is 0 Å². The van der Waals surface area contributed by atoms with Gasteiger partial charge in [0.05, 0.1) is 24.4 Å². The van der Waals surface area contributed by atoms with Gasteiger partial charge in [-0.15, -0.1) is 0 Å². The summed E-state index contributed by atoms with van der Waals surface area (Å²) < 4.78 is 11.1. The summed E-state index contributed by atoms with van der Waals surface area (Å²) in [6, 6.07) is 13.7. The van der Waals surface area contributed by atoms with Crippen molar-refractivity contribution in [2.45, 2.75) is 33.3 Å². The molecule has 0 bridgehead atoms. The van der Waals surface area contributed by atoms with Crippen LogP contribution in [0.4, 0.5) is 11.4 Å². The summed E-state index contributed by atoms with van der Waals surface area (Å²) in [5, 5.41) is 3.42. The zero-order valence-electron chi connectivity index (χ0n) is 15.0. The van der Waals surface area contributed by atoms with Crippen molar-refractivity contribution in [1.29, 1.82) is 0 Å². The van der Waals surface area contributed by atoms with Crippen molar-refractivity contribution in [3.63, 3.8) is 0 Å². The van der Waals surface area contributed by atoms with E-state index in [9.17, 15) is 0 Å². The summed E-state index contributed by atoms with van der Waals surface area (Å²) in [6.45, 7) is 6.15. The monoisotopic (exact) mass is 337 g/mol. The average molecular weight is 337 g/mol. The number of aromatic nitrogens is 2. The molecule has 3 aromatic rings. The van der Waals surface area contributed by atoms with Gasteiger partial charge in [-0.3, -0.25) is 4.98 Å². The Labute approximate surface area is 148 Å². The molecular formula is C20H23N3O2. The Morgan fingerprint density at radius 1 is 1.08 bits per heavy atom. The summed E-state index contributed by atoms with van der Waals surface area (Å²) in [6.07, 6.45) is 1.19. The largest absolute Gasteiger partial charge is 0.491 e. The number of rotatable bonds is 6. The molecule has 1 unspecified atom stereocenters. The fourth-order valence-corrected chi connectivity index (χ4v) is 2.52. The molecule has 1 N–H and O–H groups in total. The first-order chi connectivity index (χ1) is 12.1. The average Bonchev–Trinajstić information content (AvgIpc) is 2.62. The van der Waals surface area contributed by atoms with Crippen LogP contribution < -0.4 is 14.8 Å². The predicted molar refractivity (Wildman–Crippen MR) is 101 cm³/mol. The van der Waals surface area contributed by atoms with Gasteiger partial charge in [0.2, 0.25) is 5.88 Å². The molecule has 0 radical (unpaired) electrons. The molecule has 2 aromatic heterocycles. The van der Waals surface area contributed by atoms with E-state index in [1.807, 2.05) is 49.4 Å². The number of fused-ring (bicyclic) bond motifs is 1. The van der Waals surface area contributed by atoms with Crippen LogP contribution in [-0.4, -0.2) is 23.2 Å². The zero-order chi connectivity index (χ0) is 17.8. The third-order valence-corrected chi connectivity index (χ3v) is 4.01. The second-order valence-corrected chi connectivity index (χ2v) is 6.02. The van der Waals surface area contributed by atoms with Crippen LogP contribution in [-0.2, 0) is 0 Å². The first kappa shape index (κ1) is 17.0. The quantitative estimate of drug-likeness (QED) is 0.695. The number of benzene rings is 1. The van der Waals surface area contributed by atoms with Crippen molar-refractivity contribution < 1.29 is 9.47 Å². The molecule has 0 saturated heterocycles. The highest BCUT2D eigenvalue weighted by atomic mass is 16.5. The van der Waals surface area contributed by atoms with Gasteiger partial charge in [0, 0.05) is 17.4 Å². The Morgan fingerprint density at radius 3 is 2.52 bits per heavy atom. The van der Waals surface area contributed by atoms with Gasteiger partial charge in [-0.05, 0) is 56.7 Å². The zero-order valence-corrected chi connectivity index (χ0v) is 15.0. The number of nitrogens with zero attached hydrogens (tertiary/aromatic N) is 2. The Hall–Kier alpha value is -2.82. The first-order valence-corrected chi connectivity index (χ1v) is 8.45. The number of nitrogens with one attached hydrogen (secondary N) is 1. The van der Waals surface area contributed by atoms with Gasteiger partial charge in [-0.1, -0.05) is 6.92 Å². The van der Waals surface area contributed by atoms with Crippen LogP contribution in [0.25, 0.3) is 11.0 Å². The van der Waals surface area contributed by atoms with Gasteiger partial charge in [-0.2, -0.15) is 0 Å². The molecule has 130 valence electrons. The van der Waals surface area contributed by atoms with Crippen LogP contribution in [0.3, 0.4) is 0 Å². The number of aryl methyl sites for hydroxylation is 1. The maximum Gasteiger partial charge on any atom is 0.213 e. The predicted octanol–water partition coefficient (Wildman–Crippen LogP) is 4.87. The lowest BCUT2D eigenvalue weighted by molar-refractivity contribution is 0.217. The van der Waals surface area contributed by atoms with E-state index in [2.05, 4.69) is 29.1 Å². The first-order valence-electron chi connectivity index (χ1n) is 8.45. The minimum atomic E-state index is 0.210. The molecule has 25 heavy (non-hydrogen) atoms. The molecule has 5 heteroatoms. The van der Waals surface area contributed by atoms with Crippen LogP contribution in [0, 0.1) is 6.92 Å². The maximum atomic E-state index is 5.82. The lowest BCUT2D eigenvalue weighted by Crippen LogP contribution is -2.09. The number of ether oxygens (including phenoxy) is 2. The lowest BCUT2D eigenvalue weighted by atomic mass is 10.2. The molecule has 1 atom stereocenters. The van der Waals surface area contributed by atoms with E-state index in [0.717, 1.165) is 40.3 Å².